The molecule has 1 aliphatic carbocycles. The van der Waals surface area contributed by atoms with Crippen molar-refractivity contribution in [1.29, 1.82) is 0 Å². The van der Waals surface area contributed by atoms with Crippen molar-refractivity contribution in [3.05, 3.63) is 59.3 Å². The number of carbonyl (C=O) groups excluding carboxylic acids is 1. The van der Waals surface area contributed by atoms with E-state index in [2.05, 4.69) is 17.2 Å². The van der Waals surface area contributed by atoms with Crippen LogP contribution in [0.4, 0.5) is 0 Å². The number of amides is 1. The molecule has 1 fully saturated rings. The summed E-state index contributed by atoms with van der Waals surface area (Å²) in [6, 6.07) is 9.67. The summed E-state index contributed by atoms with van der Waals surface area (Å²) in [6.45, 7) is 4.57. The molecule has 0 radical (unpaired) electrons. The van der Waals surface area contributed by atoms with Gasteiger partial charge in [-0.1, -0.05) is 13.0 Å². The molecule has 4 nitrogen and oxygen atoms in total. The van der Waals surface area contributed by atoms with E-state index in [9.17, 15) is 4.79 Å². The quantitative estimate of drug-likeness (QED) is 0.860. The molecular formula is C18H20N2O2. The van der Waals surface area contributed by atoms with Crippen molar-refractivity contribution >= 4 is 12.0 Å². The smallest absolute Gasteiger partial charge is 0.244 e. The van der Waals surface area contributed by atoms with Gasteiger partial charge in [0.05, 0.1) is 12.2 Å². The summed E-state index contributed by atoms with van der Waals surface area (Å²) >= 11 is 0. The van der Waals surface area contributed by atoms with Crippen LogP contribution in [-0.2, 0) is 11.3 Å². The van der Waals surface area contributed by atoms with Crippen molar-refractivity contribution in [1.82, 2.24) is 10.3 Å². The molecule has 1 saturated carbocycles. The number of aromatic nitrogens is 1. The molecule has 114 valence electrons. The minimum absolute atomic E-state index is 0.152. The molecule has 2 aromatic rings. The molecular weight excluding hydrogens is 276 g/mol. The van der Waals surface area contributed by atoms with Gasteiger partial charge in [0.25, 0.3) is 0 Å². The molecule has 2 aromatic heterocycles. The number of nitrogens with one attached hydrogen (secondary N) is 1. The Hall–Kier alpha value is -2.36. The molecule has 0 aliphatic heterocycles. The Kier molecular flexibility index (Phi) is 4.09. The number of furan rings is 1. The Morgan fingerprint density at radius 2 is 2.23 bits per heavy atom. The summed E-state index contributed by atoms with van der Waals surface area (Å²) < 4.78 is 5.73. The molecule has 2 atom stereocenters. The van der Waals surface area contributed by atoms with Gasteiger partial charge in [-0.3, -0.25) is 9.78 Å². The van der Waals surface area contributed by atoms with Crippen molar-refractivity contribution in [3.8, 4) is 0 Å². The van der Waals surface area contributed by atoms with Crippen LogP contribution in [0.2, 0.25) is 0 Å². The lowest BCUT2D eigenvalue weighted by atomic mass is 10.3. The van der Waals surface area contributed by atoms with Gasteiger partial charge in [-0.2, -0.15) is 0 Å². The molecule has 2 heterocycles. The Morgan fingerprint density at radius 1 is 1.41 bits per heavy atom. The molecule has 22 heavy (non-hydrogen) atoms. The van der Waals surface area contributed by atoms with Crippen LogP contribution in [0.25, 0.3) is 6.08 Å². The maximum Gasteiger partial charge on any atom is 0.244 e. The Labute approximate surface area is 130 Å². The van der Waals surface area contributed by atoms with E-state index in [0.29, 0.717) is 18.4 Å². The van der Waals surface area contributed by atoms with Crippen LogP contribution >= 0.6 is 0 Å². The molecule has 4 heteroatoms. The minimum atomic E-state index is -0.152. The third-order valence-electron chi connectivity index (χ3n) is 3.91. The second kappa shape index (κ2) is 6.18. The summed E-state index contributed by atoms with van der Waals surface area (Å²) in [6.07, 6.45) is 4.39. The Bertz CT molecular complexity index is 703. The van der Waals surface area contributed by atoms with E-state index in [0.717, 1.165) is 22.9 Å². The number of rotatable bonds is 5. The first-order valence-corrected chi connectivity index (χ1v) is 7.60. The Morgan fingerprint density at radius 3 is 2.95 bits per heavy atom. The zero-order chi connectivity index (χ0) is 15.5. The largest absolute Gasteiger partial charge is 0.461 e. The van der Waals surface area contributed by atoms with Crippen LogP contribution < -0.4 is 5.32 Å². The minimum Gasteiger partial charge on any atom is -0.461 e. The highest BCUT2D eigenvalue weighted by atomic mass is 16.3. The van der Waals surface area contributed by atoms with Gasteiger partial charge < -0.3 is 9.73 Å². The number of nitrogens with zero attached hydrogens (tertiary/aromatic N) is 1. The number of hydrogen-bond acceptors (Lipinski definition) is 3. The highest BCUT2D eigenvalue weighted by Gasteiger charge is 2.36. The summed E-state index contributed by atoms with van der Waals surface area (Å²) in [5, 5.41) is 2.82. The van der Waals surface area contributed by atoms with Gasteiger partial charge in [-0.15, -0.1) is 0 Å². The summed E-state index contributed by atoms with van der Waals surface area (Å²) in [5.74, 6) is 2.87. The number of hydrogen-bond donors (Lipinski definition) is 1. The van der Waals surface area contributed by atoms with Gasteiger partial charge >= 0.3 is 0 Å². The average Bonchev–Trinajstić information content (AvgIpc) is 3.05. The van der Waals surface area contributed by atoms with E-state index in [1.54, 1.807) is 6.08 Å². The van der Waals surface area contributed by atoms with E-state index >= 15 is 0 Å². The molecule has 2 unspecified atom stereocenters. The highest BCUT2D eigenvalue weighted by Crippen LogP contribution is 2.47. The number of aryl methyl sites for hydroxylation is 1. The first kappa shape index (κ1) is 14.6. The lowest BCUT2D eigenvalue weighted by molar-refractivity contribution is -0.116. The zero-order valence-electron chi connectivity index (χ0n) is 12.9. The van der Waals surface area contributed by atoms with Crippen molar-refractivity contribution in [2.75, 3.05) is 0 Å². The number of pyridine rings is 1. The fourth-order valence-electron chi connectivity index (χ4n) is 2.47. The zero-order valence-corrected chi connectivity index (χ0v) is 12.9. The predicted octanol–water partition coefficient (Wildman–Crippen LogP) is 3.44. The van der Waals surface area contributed by atoms with Crippen molar-refractivity contribution in [2.24, 2.45) is 5.92 Å². The highest BCUT2D eigenvalue weighted by molar-refractivity contribution is 5.91. The van der Waals surface area contributed by atoms with Crippen molar-refractivity contribution < 1.29 is 9.21 Å². The van der Waals surface area contributed by atoms with Crippen LogP contribution in [0.1, 0.15) is 42.2 Å². The van der Waals surface area contributed by atoms with Gasteiger partial charge in [-0.25, -0.2) is 0 Å². The third kappa shape index (κ3) is 3.64. The fraction of sp³-hybridized carbons (Fsp3) is 0.333. The maximum atomic E-state index is 11.8. The van der Waals surface area contributed by atoms with Crippen LogP contribution in [0, 0.1) is 12.8 Å². The summed E-state index contributed by atoms with van der Waals surface area (Å²) in [4.78, 5) is 16.2. The van der Waals surface area contributed by atoms with Crippen molar-refractivity contribution in [3.63, 3.8) is 0 Å². The second-order valence-electron chi connectivity index (χ2n) is 5.88. The molecule has 0 bridgehead atoms. The van der Waals surface area contributed by atoms with E-state index < -0.39 is 0 Å². The molecule has 3 rings (SSSR count). The van der Waals surface area contributed by atoms with Gasteiger partial charge in [0.2, 0.25) is 5.91 Å². The lowest BCUT2D eigenvalue weighted by Gasteiger charge is -2.02. The first-order chi connectivity index (χ1) is 10.6. The van der Waals surface area contributed by atoms with E-state index in [4.69, 9.17) is 4.42 Å². The Balaban J connectivity index is 1.51. The van der Waals surface area contributed by atoms with Gasteiger partial charge in [0.1, 0.15) is 11.5 Å². The molecule has 0 aromatic carbocycles. The maximum absolute atomic E-state index is 11.8. The number of carbonyl (C=O) groups is 1. The monoisotopic (exact) mass is 296 g/mol. The molecule has 0 spiro atoms. The normalized spacial score (nSPS) is 20.3. The van der Waals surface area contributed by atoms with E-state index in [-0.39, 0.29) is 5.91 Å². The fourth-order valence-corrected chi connectivity index (χ4v) is 2.47. The summed E-state index contributed by atoms with van der Waals surface area (Å²) in [5.41, 5.74) is 1.80. The summed E-state index contributed by atoms with van der Waals surface area (Å²) in [7, 11) is 0. The topological polar surface area (TPSA) is 55.1 Å². The molecule has 1 amide bonds. The van der Waals surface area contributed by atoms with Gasteiger partial charge in [0.15, 0.2) is 0 Å². The van der Waals surface area contributed by atoms with Crippen LogP contribution in [0.3, 0.4) is 0 Å². The SMILES string of the molecule is Cc1cccc(CNC(=O)/C=C/c2ccc(C3CC3C)o2)n1. The molecule has 0 saturated heterocycles. The average molecular weight is 296 g/mol. The van der Waals surface area contributed by atoms with Crippen LogP contribution in [-0.4, -0.2) is 10.9 Å². The second-order valence-corrected chi connectivity index (χ2v) is 5.88. The van der Waals surface area contributed by atoms with Crippen molar-refractivity contribution in [2.45, 2.75) is 32.7 Å². The standard InChI is InChI=1S/C18H20N2O2/c1-12-10-16(12)17-8-6-15(22-17)7-9-18(21)19-11-14-5-3-4-13(2)20-14/h3-9,12,16H,10-11H2,1-2H3,(H,19,21)/b9-7+. The van der Waals surface area contributed by atoms with Gasteiger partial charge in [-0.05, 0) is 49.6 Å². The predicted molar refractivity (Wildman–Crippen MR) is 85.1 cm³/mol. The van der Waals surface area contributed by atoms with E-state index in [1.807, 2.05) is 37.3 Å². The third-order valence-corrected chi connectivity index (χ3v) is 3.91. The molecule has 1 N–H and O–H groups in total. The molecule has 1 aliphatic rings. The van der Waals surface area contributed by atoms with E-state index in [1.165, 1.54) is 12.5 Å². The van der Waals surface area contributed by atoms with Crippen LogP contribution in [0.15, 0.2) is 40.8 Å². The first-order valence-electron chi connectivity index (χ1n) is 7.60. The van der Waals surface area contributed by atoms with Gasteiger partial charge in [0, 0.05) is 17.7 Å². The van der Waals surface area contributed by atoms with Crippen LogP contribution in [0.5, 0.6) is 0 Å². The lowest BCUT2D eigenvalue weighted by Crippen LogP contribution is -2.20.